The predicted octanol–water partition coefficient (Wildman–Crippen LogP) is 2.55. The van der Waals surface area contributed by atoms with Crippen LogP contribution in [-0.2, 0) is 7.05 Å². The first-order valence-corrected chi connectivity index (χ1v) is 10.7. The van der Waals surface area contributed by atoms with Crippen molar-refractivity contribution in [2.45, 2.75) is 50.5 Å². The average molecular weight is 427 g/mol. The Morgan fingerprint density at radius 1 is 1.26 bits per heavy atom. The Morgan fingerprint density at radius 2 is 2.03 bits per heavy atom. The summed E-state index contributed by atoms with van der Waals surface area (Å²) in [5.41, 5.74) is 2.09. The Bertz CT molecular complexity index is 1170. The summed E-state index contributed by atoms with van der Waals surface area (Å²) < 4.78 is 21.3. The van der Waals surface area contributed by atoms with Gasteiger partial charge in [0, 0.05) is 25.5 Å². The van der Waals surface area contributed by atoms with Crippen LogP contribution in [0.1, 0.15) is 32.6 Å². The largest absolute Gasteiger partial charge is 0.488 e. The van der Waals surface area contributed by atoms with Crippen LogP contribution in [0.4, 0.5) is 10.1 Å². The average Bonchev–Trinajstić information content (AvgIpc) is 3.36. The summed E-state index contributed by atoms with van der Waals surface area (Å²) in [5, 5.41) is 22.6. The summed E-state index contributed by atoms with van der Waals surface area (Å²) in [6.07, 6.45) is 0.243. The highest BCUT2D eigenvalue weighted by molar-refractivity contribution is 5.93. The monoisotopic (exact) mass is 427 g/mol. The van der Waals surface area contributed by atoms with Gasteiger partial charge >= 0.3 is 0 Å². The Hall–Kier alpha value is -2.94. The number of ether oxygens (including phenoxy) is 1. The lowest BCUT2D eigenvalue weighted by Crippen LogP contribution is -2.33. The third-order valence-electron chi connectivity index (χ3n) is 6.27. The number of aromatic amines is 1. The van der Waals surface area contributed by atoms with Crippen LogP contribution < -0.4 is 15.2 Å². The molecule has 2 atom stereocenters. The summed E-state index contributed by atoms with van der Waals surface area (Å²) in [6, 6.07) is 7.50. The number of H-pyrrole nitrogens is 1. The molecule has 3 aromatic rings. The van der Waals surface area contributed by atoms with E-state index < -0.39 is 12.3 Å². The number of benzene rings is 1. The molecule has 5 rings (SSSR count). The zero-order valence-corrected chi connectivity index (χ0v) is 17.6. The minimum Gasteiger partial charge on any atom is -0.488 e. The number of alkyl halides is 1. The third-order valence-corrected chi connectivity index (χ3v) is 6.27. The second kappa shape index (κ2) is 7.33. The number of rotatable bonds is 4. The Labute approximate surface area is 178 Å². The summed E-state index contributed by atoms with van der Waals surface area (Å²) in [4.78, 5) is 14.6. The van der Waals surface area contributed by atoms with Crippen LogP contribution in [0.25, 0.3) is 22.3 Å². The molecule has 1 aromatic carbocycles. The molecule has 31 heavy (non-hydrogen) atoms. The number of nitrogens with zero attached hydrogens (tertiary/aromatic N) is 4. The number of hydrogen-bond donors (Lipinski definition) is 2. The van der Waals surface area contributed by atoms with Gasteiger partial charge in [-0.1, -0.05) is 0 Å². The highest BCUT2D eigenvalue weighted by Gasteiger charge is 2.40. The first-order chi connectivity index (χ1) is 14.8. The highest BCUT2D eigenvalue weighted by Crippen LogP contribution is 2.40. The molecule has 0 radical (unpaired) electrons. The molecule has 2 N–H and O–H groups in total. The maximum atomic E-state index is 13.9. The van der Waals surface area contributed by atoms with E-state index in [4.69, 9.17) is 4.74 Å². The van der Waals surface area contributed by atoms with Crippen LogP contribution in [0.5, 0.6) is 5.75 Å². The minimum atomic E-state index is -1.28. The quantitative estimate of drug-likeness (QED) is 0.664. The van der Waals surface area contributed by atoms with Crippen molar-refractivity contribution in [3.8, 4) is 17.1 Å². The van der Waals surface area contributed by atoms with Gasteiger partial charge in [0.25, 0.3) is 5.56 Å². The van der Waals surface area contributed by atoms with Crippen LogP contribution in [0.2, 0.25) is 0 Å². The molecule has 0 unspecified atom stereocenters. The van der Waals surface area contributed by atoms with Gasteiger partial charge in [-0.3, -0.25) is 9.89 Å². The SMILES string of the molecule is Cn1nc(-c2n[nH]c3ccc(OC4(C)CC4)cc23)cc(N2CC[C@@H](F)[C@@H](O)CC2)c1=O. The van der Waals surface area contributed by atoms with Crippen molar-refractivity contribution in [3.05, 3.63) is 34.6 Å². The highest BCUT2D eigenvalue weighted by atomic mass is 19.1. The number of nitrogens with one attached hydrogen (secondary N) is 1. The van der Waals surface area contributed by atoms with E-state index in [1.165, 1.54) is 4.68 Å². The van der Waals surface area contributed by atoms with Crippen molar-refractivity contribution in [2.75, 3.05) is 18.0 Å². The van der Waals surface area contributed by atoms with E-state index in [9.17, 15) is 14.3 Å². The van der Waals surface area contributed by atoms with Gasteiger partial charge in [0.15, 0.2) is 0 Å². The van der Waals surface area contributed by atoms with E-state index >= 15 is 0 Å². The molecule has 9 heteroatoms. The van der Waals surface area contributed by atoms with Crippen LogP contribution >= 0.6 is 0 Å². The molecule has 3 heterocycles. The van der Waals surface area contributed by atoms with Crippen LogP contribution in [0.15, 0.2) is 29.1 Å². The molecule has 0 amide bonds. The smallest absolute Gasteiger partial charge is 0.290 e. The lowest BCUT2D eigenvalue weighted by atomic mass is 10.1. The standard InChI is InChI=1S/C22H26FN5O3/c1-22(7-8-22)31-13-3-4-16-14(11-13)20(25-24-16)17-12-18(21(30)27(2)26-17)28-9-5-15(23)19(29)6-10-28/h3-4,11-12,15,19,29H,5-10H2,1-2H3,(H,24,25)/t15-,19+/m1/s1. The van der Waals surface area contributed by atoms with Gasteiger partial charge in [-0.2, -0.15) is 10.2 Å². The van der Waals surface area contributed by atoms with Crippen molar-refractivity contribution < 1.29 is 14.2 Å². The maximum absolute atomic E-state index is 13.9. The van der Waals surface area contributed by atoms with E-state index in [-0.39, 0.29) is 24.0 Å². The Morgan fingerprint density at radius 3 is 2.81 bits per heavy atom. The molecule has 0 spiro atoms. The van der Waals surface area contributed by atoms with Crippen molar-refractivity contribution >= 4 is 16.6 Å². The van der Waals surface area contributed by atoms with Crippen LogP contribution in [-0.4, -0.2) is 56.1 Å². The van der Waals surface area contributed by atoms with Gasteiger partial charge in [-0.15, -0.1) is 0 Å². The topological polar surface area (TPSA) is 96.3 Å². The number of aromatic nitrogens is 4. The number of fused-ring (bicyclic) bond motifs is 1. The second-order valence-corrected chi connectivity index (χ2v) is 8.82. The molecule has 8 nitrogen and oxygen atoms in total. The Balaban J connectivity index is 1.54. The van der Waals surface area contributed by atoms with Crippen molar-refractivity contribution in [1.82, 2.24) is 20.0 Å². The molecular formula is C22H26FN5O3. The lowest BCUT2D eigenvalue weighted by Gasteiger charge is -2.22. The summed E-state index contributed by atoms with van der Waals surface area (Å²) in [5.74, 6) is 0.774. The van der Waals surface area contributed by atoms with Crippen LogP contribution in [0, 0.1) is 0 Å². The maximum Gasteiger partial charge on any atom is 0.290 e. The third kappa shape index (κ3) is 3.78. The fraction of sp³-hybridized carbons (Fsp3) is 0.500. The second-order valence-electron chi connectivity index (χ2n) is 8.82. The number of aryl methyl sites for hydroxylation is 1. The first-order valence-electron chi connectivity index (χ1n) is 10.7. The molecule has 2 fully saturated rings. The van der Waals surface area contributed by atoms with Crippen molar-refractivity contribution in [3.63, 3.8) is 0 Å². The predicted molar refractivity (Wildman–Crippen MR) is 115 cm³/mol. The summed E-state index contributed by atoms with van der Waals surface area (Å²) in [6.45, 7) is 2.85. The molecule has 164 valence electrons. The molecule has 2 aromatic heterocycles. The van der Waals surface area contributed by atoms with Crippen LogP contribution in [0.3, 0.4) is 0 Å². The number of aliphatic hydroxyl groups is 1. The van der Waals surface area contributed by atoms with E-state index in [2.05, 4.69) is 22.2 Å². The number of hydrogen-bond acceptors (Lipinski definition) is 6. The molecule has 1 aliphatic heterocycles. The molecular weight excluding hydrogens is 401 g/mol. The van der Waals surface area contributed by atoms with Gasteiger partial charge < -0.3 is 14.7 Å². The Kier molecular flexibility index (Phi) is 4.73. The van der Waals surface area contributed by atoms with Gasteiger partial charge in [-0.25, -0.2) is 9.07 Å². The minimum absolute atomic E-state index is 0.0920. The van der Waals surface area contributed by atoms with Gasteiger partial charge in [-0.05, 0) is 56.9 Å². The summed E-state index contributed by atoms with van der Waals surface area (Å²) in [7, 11) is 1.59. The van der Waals surface area contributed by atoms with E-state index in [0.717, 1.165) is 29.5 Å². The van der Waals surface area contributed by atoms with Gasteiger partial charge in [0.1, 0.15) is 34.6 Å². The molecule has 2 aliphatic rings. The van der Waals surface area contributed by atoms with Gasteiger partial charge in [0.2, 0.25) is 0 Å². The van der Waals surface area contributed by atoms with Crippen molar-refractivity contribution in [2.24, 2.45) is 7.05 Å². The van der Waals surface area contributed by atoms with E-state index in [0.29, 0.717) is 30.2 Å². The molecule has 0 bridgehead atoms. The molecule has 1 saturated heterocycles. The fourth-order valence-electron chi connectivity index (χ4n) is 4.04. The molecule has 1 aliphatic carbocycles. The number of aliphatic hydroxyl groups excluding tert-OH is 1. The number of halogens is 1. The zero-order chi connectivity index (χ0) is 21.8. The van der Waals surface area contributed by atoms with Crippen molar-refractivity contribution in [1.29, 1.82) is 0 Å². The fourth-order valence-corrected chi connectivity index (χ4v) is 4.04. The summed E-state index contributed by atoms with van der Waals surface area (Å²) >= 11 is 0. The normalized spacial score (nSPS) is 23.0. The molecule has 1 saturated carbocycles. The lowest BCUT2D eigenvalue weighted by molar-refractivity contribution is 0.0759. The van der Waals surface area contributed by atoms with E-state index in [1.807, 2.05) is 23.1 Å². The van der Waals surface area contributed by atoms with E-state index in [1.54, 1.807) is 13.1 Å². The number of anilines is 1. The zero-order valence-electron chi connectivity index (χ0n) is 17.6. The van der Waals surface area contributed by atoms with Gasteiger partial charge in [0.05, 0.1) is 11.6 Å². The first kappa shape index (κ1) is 20.0.